The van der Waals surface area contributed by atoms with Crippen molar-refractivity contribution < 1.29 is 19.1 Å². The Balaban J connectivity index is 1.48. The van der Waals surface area contributed by atoms with Gasteiger partial charge in [-0.25, -0.2) is 0 Å². The van der Waals surface area contributed by atoms with Gasteiger partial charge in [-0.3, -0.25) is 9.59 Å². The lowest BCUT2D eigenvalue weighted by molar-refractivity contribution is -0.127. The van der Waals surface area contributed by atoms with E-state index in [9.17, 15) is 9.59 Å². The predicted molar refractivity (Wildman–Crippen MR) is 129 cm³/mol. The molecule has 3 aromatic rings. The van der Waals surface area contributed by atoms with Gasteiger partial charge < -0.3 is 19.7 Å². The summed E-state index contributed by atoms with van der Waals surface area (Å²) in [5.74, 6) is 1.09. The maximum absolute atomic E-state index is 13.7. The standard InChI is InChI=1S/C25H26N2O4S2/c28-24(26-18-6-2-1-3-7-18)23(21-8-4-12-32-21)27(25(29)22-9-5-13-33-22)15-17-10-11-19-20(14-17)31-16-30-19/h4-5,8-14,18,23H,1-3,6-7,15-16H2,(H,26,28)/t23-/m0/s1. The second-order valence-electron chi connectivity index (χ2n) is 8.36. The lowest BCUT2D eigenvalue weighted by Crippen LogP contribution is -2.46. The van der Waals surface area contributed by atoms with Crippen LogP contribution in [-0.2, 0) is 11.3 Å². The number of ether oxygens (including phenoxy) is 2. The zero-order valence-corrected chi connectivity index (χ0v) is 19.8. The molecule has 2 amide bonds. The van der Waals surface area contributed by atoms with E-state index >= 15 is 0 Å². The highest BCUT2D eigenvalue weighted by Crippen LogP contribution is 2.35. The van der Waals surface area contributed by atoms with E-state index in [2.05, 4.69) is 5.32 Å². The largest absolute Gasteiger partial charge is 0.454 e. The molecular weight excluding hydrogens is 456 g/mol. The molecule has 2 aromatic heterocycles. The van der Waals surface area contributed by atoms with Gasteiger partial charge >= 0.3 is 0 Å². The van der Waals surface area contributed by atoms with E-state index < -0.39 is 6.04 Å². The summed E-state index contributed by atoms with van der Waals surface area (Å²) in [6.45, 7) is 0.478. The number of thiophene rings is 2. The van der Waals surface area contributed by atoms with Gasteiger partial charge in [-0.2, -0.15) is 0 Å². The van der Waals surface area contributed by atoms with Crippen LogP contribution in [0.3, 0.4) is 0 Å². The number of nitrogens with one attached hydrogen (secondary N) is 1. The summed E-state index contributed by atoms with van der Waals surface area (Å²) in [5.41, 5.74) is 0.885. The second kappa shape index (κ2) is 9.97. The third-order valence-corrected chi connectivity index (χ3v) is 7.89. The molecule has 1 saturated carbocycles. The topological polar surface area (TPSA) is 67.9 Å². The Kier molecular flexibility index (Phi) is 6.64. The highest BCUT2D eigenvalue weighted by atomic mass is 32.1. The summed E-state index contributed by atoms with van der Waals surface area (Å²) < 4.78 is 11.0. The first kappa shape index (κ1) is 22.0. The highest BCUT2D eigenvalue weighted by Gasteiger charge is 2.34. The lowest BCUT2D eigenvalue weighted by Gasteiger charge is -2.32. The number of hydrogen-bond acceptors (Lipinski definition) is 6. The molecule has 2 aliphatic rings. The van der Waals surface area contributed by atoms with Crippen LogP contribution in [-0.4, -0.2) is 29.5 Å². The van der Waals surface area contributed by atoms with Gasteiger partial charge in [0.25, 0.3) is 5.91 Å². The molecule has 3 heterocycles. The SMILES string of the molecule is O=C(NC1CCCCC1)[C@H](c1cccs1)N(Cc1ccc2c(c1)OCO2)C(=O)c1cccs1. The first-order chi connectivity index (χ1) is 16.2. The molecule has 1 aliphatic heterocycles. The van der Waals surface area contributed by atoms with Crippen LogP contribution in [0, 0.1) is 0 Å². The minimum absolute atomic E-state index is 0.116. The van der Waals surface area contributed by atoms with Gasteiger partial charge in [0, 0.05) is 17.5 Å². The zero-order chi connectivity index (χ0) is 22.6. The van der Waals surface area contributed by atoms with Crippen molar-refractivity contribution in [3.05, 3.63) is 68.5 Å². The Morgan fingerprint density at radius 2 is 1.79 bits per heavy atom. The number of carbonyl (C=O) groups excluding carboxylic acids is 2. The molecule has 1 atom stereocenters. The first-order valence-electron chi connectivity index (χ1n) is 11.3. The van der Waals surface area contributed by atoms with Crippen LogP contribution in [0.1, 0.15) is 58.3 Å². The second-order valence-corrected chi connectivity index (χ2v) is 10.3. The van der Waals surface area contributed by atoms with E-state index in [1.807, 2.05) is 53.2 Å². The van der Waals surface area contributed by atoms with Crippen LogP contribution in [0.2, 0.25) is 0 Å². The van der Waals surface area contributed by atoms with Gasteiger partial charge in [-0.15, -0.1) is 22.7 Å². The Hall–Kier alpha value is -2.84. The molecule has 0 spiro atoms. The summed E-state index contributed by atoms with van der Waals surface area (Å²) in [5, 5.41) is 7.08. The van der Waals surface area contributed by atoms with Crippen LogP contribution in [0.15, 0.2) is 53.2 Å². The van der Waals surface area contributed by atoms with Crippen LogP contribution < -0.4 is 14.8 Å². The Morgan fingerprint density at radius 1 is 1.00 bits per heavy atom. The van der Waals surface area contributed by atoms with Crippen LogP contribution >= 0.6 is 22.7 Å². The third-order valence-electron chi connectivity index (χ3n) is 6.11. The maximum atomic E-state index is 13.7. The molecule has 0 radical (unpaired) electrons. The van der Waals surface area contributed by atoms with Crippen molar-refractivity contribution in [2.24, 2.45) is 0 Å². The molecule has 1 aliphatic carbocycles. The molecule has 0 saturated heterocycles. The van der Waals surface area contributed by atoms with Crippen molar-refractivity contribution >= 4 is 34.5 Å². The highest BCUT2D eigenvalue weighted by molar-refractivity contribution is 7.12. The normalized spacial score (nSPS) is 16.4. The minimum Gasteiger partial charge on any atom is -0.454 e. The molecule has 33 heavy (non-hydrogen) atoms. The molecule has 6 nitrogen and oxygen atoms in total. The van der Waals surface area contributed by atoms with Crippen LogP contribution in [0.5, 0.6) is 11.5 Å². The maximum Gasteiger partial charge on any atom is 0.265 e. The summed E-state index contributed by atoms with van der Waals surface area (Å²) in [6, 6.07) is 12.7. The number of carbonyl (C=O) groups is 2. The van der Waals surface area contributed by atoms with E-state index in [0.29, 0.717) is 16.4 Å². The van der Waals surface area contributed by atoms with E-state index in [4.69, 9.17) is 9.47 Å². The van der Waals surface area contributed by atoms with E-state index in [1.165, 1.54) is 29.1 Å². The summed E-state index contributed by atoms with van der Waals surface area (Å²) >= 11 is 2.89. The Bertz CT molecular complexity index is 1090. The Labute approximate surface area is 201 Å². The number of rotatable bonds is 7. The number of fused-ring (bicyclic) bond motifs is 1. The van der Waals surface area contributed by atoms with Crippen LogP contribution in [0.25, 0.3) is 0 Å². The summed E-state index contributed by atoms with van der Waals surface area (Å²) in [7, 11) is 0. The quantitative estimate of drug-likeness (QED) is 0.492. The fraction of sp³-hybridized carbons (Fsp3) is 0.360. The molecule has 1 aromatic carbocycles. The first-order valence-corrected chi connectivity index (χ1v) is 13.0. The van der Waals surface area contributed by atoms with Crippen LogP contribution in [0.4, 0.5) is 0 Å². The fourth-order valence-electron chi connectivity index (χ4n) is 4.46. The van der Waals surface area contributed by atoms with Gasteiger partial charge in [0.05, 0.1) is 4.88 Å². The number of hydrogen-bond donors (Lipinski definition) is 1. The van der Waals surface area contributed by atoms with Gasteiger partial charge in [0.2, 0.25) is 12.7 Å². The molecule has 1 fully saturated rings. The molecule has 1 N–H and O–H groups in total. The van der Waals surface area contributed by atoms with Crippen molar-refractivity contribution in [2.45, 2.75) is 50.7 Å². The molecule has 0 bridgehead atoms. The minimum atomic E-state index is -0.702. The van der Waals surface area contributed by atoms with Crippen molar-refractivity contribution in [1.82, 2.24) is 10.2 Å². The molecular formula is C25H26N2O4S2. The molecule has 8 heteroatoms. The smallest absolute Gasteiger partial charge is 0.265 e. The lowest BCUT2D eigenvalue weighted by atomic mass is 9.95. The van der Waals surface area contributed by atoms with E-state index in [1.54, 1.807) is 4.90 Å². The van der Waals surface area contributed by atoms with Crippen molar-refractivity contribution in [2.75, 3.05) is 6.79 Å². The summed E-state index contributed by atoms with van der Waals surface area (Å²) in [6.07, 6.45) is 5.45. The van der Waals surface area contributed by atoms with Gasteiger partial charge in [0.15, 0.2) is 11.5 Å². The number of benzene rings is 1. The van der Waals surface area contributed by atoms with Crippen molar-refractivity contribution in [3.8, 4) is 11.5 Å². The molecule has 5 rings (SSSR count). The third kappa shape index (κ3) is 4.91. The number of nitrogens with zero attached hydrogens (tertiary/aromatic N) is 1. The Morgan fingerprint density at radius 3 is 2.55 bits per heavy atom. The zero-order valence-electron chi connectivity index (χ0n) is 18.2. The van der Waals surface area contributed by atoms with Crippen molar-refractivity contribution in [3.63, 3.8) is 0 Å². The molecule has 172 valence electrons. The average molecular weight is 483 g/mol. The summed E-state index contributed by atoms with van der Waals surface area (Å²) in [4.78, 5) is 30.5. The van der Waals surface area contributed by atoms with Crippen molar-refractivity contribution in [1.29, 1.82) is 0 Å². The fourth-order valence-corrected chi connectivity index (χ4v) is 5.97. The monoisotopic (exact) mass is 482 g/mol. The van der Waals surface area contributed by atoms with Gasteiger partial charge in [-0.1, -0.05) is 37.5 Å². The van der Waals surface area contributed by atoms with Gasteiger partial charge in [-0.05, 0) is 53.4 Å². The van der Waals surface area contributed by atoms with Gasteiger partial charge in [0.1, 0.15) is 6.04 Å². The number of amides is 2. The van der Waals surface area contributed by atoms with E-state index in [-0.39, 0.29) is 31.2 Å². The average Bonchev–Trinajstić information content (AvgIpc) is 3.61. The molecule has 0 unspecified atom stereocenters. The predicted octanol–water partition coefficient (Wildman–Crippen LogP) is 5.37. The van der Waals surface area contributed by atoms with E-state index in [0.717, 1.165) is 36.1 Å².